The summed E-state index contributed by atoms with van der Waals surface area (Å²) in [6.45, 7) is 2.45. The molecule has 1 aromatic rings. The molecule has 1 aliphatic heterocycles. The molecule has 3 unspecified atom stereocenters. The van der Waals surface area contributed by atoms with Gasteiger partial charge in [0, 0.05) is 30.7 Å². The Morgan fingerprint density at radius 2 is 1.92 bits per heavy atom. The normalized spacial score (nSPS) is 22.1. The Kier molecular flexibility index (Phi) is 6.10. The van der Waals surface area contributed by atoms with Gasteiger partial charge in [-0.1, -0.05) is 6.92 Å². The van der Waals surface area contributed by atoms with Crippen molar-refractivity contribution in [3.8, 4) is 0 Å². The van der Waals surface area contributed by atoms with Crippen LogP contribution >= 0.6 is 0 Å². The number of amides is 1. The highest BCUT2D eigenvalue weighted by molar-refractivity contribution is 7.79. The number of likely N-dealkylation sites (N-methyl/N-ethyl adjacent to an activating group) is 1. The molecule has 5 nitrogen and oxygen atoms in total. The molecule has 140 valence electrons. The SMILES string of the molecule is CCC1CN(C(=O)CC(F)(F)F)CC1N(C)c1ccc(S(=O)[O-])cc1. The Morgan fingerprint density at radius 3 is 2.40 bits per heavy atom. The van der Waals surface area contributed by atoms with Gasteiger partial charge in [-0.2, -0.15) is 13.2 Å². The van der Waals surface area contributed by atoms with Gasteiger partial charge in [-0.3, -0.25) is 9.00 Å². The smallest absolute Gasteiger partial charge is 0.397 e. The number of halogens is 3. The molecule has 0 N–H and O–H groups in total. The van der Waals surface area contributed by atoms with Gasteiger partial charge < -0.3 is 14.4 Å². The summed E-state index contributed by atoms with van der Waals surface area (Å²) in [5, 5.41) is 0. The molecule has 1 heterocycles. The van der Waals surface area contributed by atoms with Gasteiger partial charge in [0.2, 0.25) is 5.91 Å². The number of benzene rings is 1. The molecule has 1 saturated heterocycles. The van der Waals surface area contributed by atoms with E-state index in [1.165, 1.54) is 17.0 Å². The lowest BCUT2D eigenvalue weighted by molar-refractivity contribution is -0.160. The van der Waals surface area contributed by atoms with E-state index in [0.29, 0.717) is 6.54 Å². The molecule has 1 fully saturated rings. The Labute approximate surface area is 147 Å². The summed E-state index contributed by atoms with van der Waals surface area (Å²) in [7, 11) is 1.80. The number of hydrogen-bond acceptors (Lipinski definition) is 4. The van der Waals surface area contributed by atoms with Crippen LogP contribution < -0.4 is 4.90 Å². The molecule has 0 radical (unpaired) electrons. The summed E-state index contributed by atoms with van der Waals surface area (Å²) in [4.78, 5) is 15.2. The van der Waals surface area contributed by atoms with Gasteiger partial charge in [-0.05, 0) is 47.7 Å². The number of carbonyl (C=O) groups is 1. The summed E-state index contributed by atoms with van der Waals surface area (Å²) in [5.41, 5.74) is 0.753. The van der Waals surface area contributed by atoms with Crippen LogP contribution in [0.25, 0.3) is 0 Å². The van der Waals surface area contributed by atoms with E-state index in [1.807, 2.05) is 11.8 Å². The Balaban J connectivity index is 2.11. The van der Waals surface area contributed by atoms with Crippen molar-refractivity contribution in [1.29, 1.82) is 0 Å². The van der Waals surface area contributed by atoms with Gasteiger partial charge in [-0.25, -0.2) is 0 Å². The van der Waals surface area contributed by atoms with Crippen molar-refractivity contribution < 1.29 is 26.7 Å². The molecule has 0 aliphatic carbocycles. The second kappa shape index (κ2) is 7.74. The van der Waals surface area contributed by atoms with Crippen LogP contribution in [0.5, 0.6) is 0 Å². The number of rotatable bonds is 5. The van der Waals surface area contributed by atoms with Gasteiger partial charge in [0.15, 0.2) is 0 Å². The van der Waals surface area contributed by atoms with Crippen molar-refractivity contribution in [3.63, 3.8) is 0 Å². The Morgan fingerprint density at radius 1 is 1.32 bits per heavy atom. The van der Waals surface area contributed by atoms with E-state index in [4.69, 9.17) is 0 Å². The second-order valence-corrected chi connectivity index (χ2v) is 7.11. The van der Waals surface area contributed by atoms with Crippen LogP contribution in [0.1, 0.15) is 19.8 Å². The lowest BCUT2D eigenvalue weighted by Crippen LogP contribution is -2.39. The van der Waals surface area contributed by atoms with Crippen LogP contribution in [0, 0.1) is 5.92 Å². The minimum Gasteiger partial charge on any atom is -0.768 e. The van der Waals surface area contributed by atoms with Gasteiger partial charge in [0.25, 0.3) is 0 Å². The topological polar surface area (TPSA) is 63.7 Å². The minimum atomic E-state index is -4.51. The predicted molar refractivity (Wildman–Crippen MR) is 86.9 cm³/mol. The van der Waals surface area contributed by atoms with Crippen LogP contribution in [0.4, 0.5) is 18.9 Å². The molecular formula is C16H20F3N2O3S-. The molecule has 3 atom stereocenters. The zero-order valence-corrected chi connectivity index (χ0v) is 14.8. The highest BCUT2D eigenvalue weighted by atomic mass is 32.2. The molecule has 2 rings (SSSR count). The highest BCUT2D eigenvalue weighted by Gasteiger charge is 2.40. The second-order valence-electron chi connectivity index (χ2n) is 6.17. The fourth-order valence-corrected chi connectivity index (χ4v) is 3.52. The van der Waals surface area contributed by atoms with Crippen LogP contribution in [0.3, 0.4) is 0 Å². The maximum absolute atomic E-state index is 12.5. The first kappa shape index (κ1) is 19.7. The first-order valence-electron chi connectivity index (χ1n) is 7.89. The van der Waals surface area contributed by atoms with Gasteiger partial charge in [0.1, 0.15) is 6.42 Å². The average molecular weight is 377 g/mol. The van der Waals surface area contributed by atoms with E-state index in [-0.39, 0.29) is 23.4 Å². The molecule has 1 aliphatic rings. The predicted octanol–water partition coefficient (Wildman–Crippen LogP) is 2.55. The van der Waals surface area contributed by atoms with Gasteiger partial charge in [0.05, 0.1) is 6.04 Å². The van der Waals surface area contributed by atoms with E-state index in [0.717, 1.165) is 12.1 Å². The lowest BCUT2D eigenvalue weighted by atomic mass is 9.99. The molecule has 0 bridgehead atoms. The summed E-state index contributed by atoms with van der Waals surface area (Å²) in [6.07, 6.45) is -5.22. The fourth-order valence-electron chi connectivity index (χ4n) is 3.16. The molecule has 1 amide bonds. The number of anilines is 1. The maximum atomic E-state index is 12.5. The average Bonchev–Trinajstić information content (AvgIpc) is 2.97. The minimum absolute atomic E-state index is 0.0514. The zero-order valence-electron chi connectivity index (χ0n) is 14.0. The highest BCUT2D eigenvalue weighted by Crippen LogP contribution is 2.30. The summed E-state index contributed by atoms with van der Waals surface area (Å²) >= 11 is -2.31. The Bertz CT molecular complexity index is 637. The van der Waals surface area contributed by atoms with Crippen LogP contribution in [-0.4, -0.2) is 51.9 Å². The molecule has 0 saturated carbocycles. The maximum Gasteiger partial charge on any atom is 0.397 e. The summed E-state index contributed by atoms with van der Waals surface area (Å²) in [5.74, 6) is -0.852. The largest absolute Gasteiger partial charge is 0.768 e. The molecule has 9 heteroatoms. The molecule has 25 heavy (non-hydrogen) atoms. The van der Waals surface area contributed by atoms with Crippen LogP contribution in [0.15, 0.2) is 29.2 Å². The summed E-state index contributed by atoms with van der Waals surface area (Å²) in [6, 6.07) is 6.12. The third kappa shape index (κ3) is 4.94. The van der Waals surface area contributed by atoms with E-state index in [2.05, 4.69) is 0 Å². The van der Waals surface area contributed by atoms with Crippen molar-refractivity contribution in [1.82, 2.24) is 4.90 Å². The monoisotopic (exact) mass is 377 g/mol. The van der Waals surface area contributed by atoms with Gasteiger partial charge in [-0.15, -0.1) is 0 Å². The van der Waals surface area contributed by atoms with Crippen molar-refractivity contribution >= 4 is 22.7 Å². The van der Waals surface area contributed by atoms with Crippen molar-refractivity contribution in [2.45, 2.75) is 36.9 Å². The standard InChI is InChI=1S/C16H21F3N2O3S/c1-3-11-9-21(15(22)8-16(17,18)19)10-14(11)20(2)12-4-6-13(7-5-12)25(23)24/h4-7,11,14H,3,8-10H2,1-2H3,(H,23,24)/p-1. The van der Waals surface area contributed by atoms with Crippen molar-refractivity contribution in [3.05, 3.63) is 24.3 Å². The fraction of sp³-hybridized carbons (Fsp3) is 0.562. The number of carbonyl (C=O) groups excluding carboxylic acids is 1. The number of likely N-dealkylation sites (tertiary alicyclic amines) is 1. The van der Waals surface area contributed by atoms with Crippen LogP contribution in [-0.2, 0) is 15.9 Å². The summed E-state index contributed by atoms with van der Waals surface area (Å²) < 4.78 is 59.2. The number of alkyl halides is 3. The van der Waals surface area contributed by atoms with Gasteiger partial charge >= 0.3 is 6.18 Å². The molecule has 0 spiro atoms. The third-order valence-corrected chi connectivity index (χ3v) is 5.23. The van der Waals surface area contributed by atoms with E-state index >= 15 is 0 Å². The van der Waals surface area contributed by atoms with Crippen LogP contribution in [0.2, 0.25) is 0 Å². The first-order chi connectivity index (χ1) is 11.6. The first-order valence-corrected chi connectivity index (χ1v) is 8.96. The molecule has 1 aromatic carbocycles. The van der Waals surface area contributed by atoms with Crippen molar-refractivity contribution in [2.24, 2.45) is 5.92 Å². The molecular weight excluding hydrogens is 357 g/mol. The quantitative estimate of drug-likeness (QED) is 0.740. The third-order valence-electron chi connectivity index (χ3n) is 4.57. The number of hydrogen-bond donors (Lipinski definition) is 0. The number of nitrogens with zero attached hydrogens (tertiary/aromatic N) is 2. The molecule has 0 aromatic heterocycles. The lowest BCUT2D eigenvalue weighted by Gasteiger charge is -2.30. The zero-order chi connectivity index (χ0) is 18.8. The van der Waals surface area contributed by atoms with E-state index in [9.17, 15) is 26.7 Å². The van der Waals surface area contributed by atoms with Crippen molar-refractivity contribution in [2.75, 3.05) is 25.0 Å². The van der Waals surface area contributed by atoms with E-state index < -0.39 is 29.6 Å². The van der Waals surface area contributed by atoms with E-state index in [1.54, 1.807) is 19.2 Å². The Hall–Kier alpha value is -1.61.